The van der Waals surface area contributed by atoms with Gasteiger partial charge in [-0.1, -0.05) is 11.6 Å². The number of aromatic nitrogens is 4. The third-order valence-electron chi connectivity index (χ3n) is 3.70. The predicted molar refractivity (Wildman–Crippen MR) is 77.0 cm³/mol. The molecule has 0 amide bonds. The zero-order chi connectivity index (χ0) is 14.8. The largest absolute Gasteiger partial charge is 0.391 e. The van der Waals surface area contributed by atoms with E-state index in [1.807, 2.05) is 0 Å². The fraction of sp³-hybridized carbons (Fsp3) is 0.538. The van der Waals surface area contributed by atoms with Crippen LogP contribution in [0.1, 0.15) is 19.3 Å². The van der Waals surface area contributed by atoms with E-state index in [0.29, 0.717) is 17.6 Å². The van der Waals surface area contributed by atoms with Crippen molar-refractivity contribution < 1.29 is 9.90 Å². The number of carbonyl (C=O) groups is 1. The summed E-state index contributed by atoms with van der Waals surface area (Å²) in [6.45, 7) is 1.00. The molecule has 2 N–H and O–H groups in total. The number of aliphatic hydroxyl groups excluding tert-OH is 1. The second-order valence-corrected chi connectivity index (χ2v) is 5.58. The molecule has 1 fully saturated rings. The topological polar surface area (TPSA) is 92.9 Å². The van der Waals surface area contributed by atoms with Gasteiger partial charge in [0.05, 0.1) is 19.0 Å². The SMILES string of the molecule is O=C(C[C@H]1NCCC[C@@H]1O)Cn1cnc2c(Cl)ncnc21. The number of nitrogens with one attached hydrogen (secondary N) is 1. The molecule has 0 saturated carbocycles. The third kappa shape index (κ3) is 3.04. The van der Waals surface area contributed by atoms with Gasteiger partial charge in [-0.2, -0.15) is 0 Å². The molecule has 2 aromatic heterocycles. The van der Waals surface area contributed by atoms with Gasteiger partial charge >= 0.3 is 0 Å². The highest BCUT2D eigenvalue weighted by Crippen LogP contribution is 2.18. The first-order chi connectivity index (χ1) is 10.1. The summed E-state index contributed by atoms with van der Waals surface area (Å²) in [4.78, 5) is 24.3. The fourth-order valence-electron chi connectivity index (χ4n) is 2.61. The summed E-state index contributed by atoms with van der Waals surface area (Å²) in [6.07, 6.45) is 4.39. The molecular formula is C13H16ClN5O2. The van der Waals surface area contributed by atoms with Crippen molar-refractivity contribution in [1.82, 2.24) is 24.8 Å². The number of imidazole rings is 1. The molecule has 21 heavy (non-hydrogen) atoms. The Morgan fingerprint density at radius 1 is 1.48 bits per heavy atom. The molecule has 0 aliphatic carbocycles. The summed E-state index contributed by atoms with van der Waals surface area (Å²) in [5.41, 5.74) is 1.03. The number of hydrogen-bond donors (Lipinski definition) is 2. The van der Waals surface area contributed by atoms with Crippen molar-refractivity contribution >= 4 is 28.5 Å². The number of Topliss-reactive ketones (excluding diaryl/α,β-unsaturated/α-hetero) is 1. The second kappa shape index (κ2) is 6.05. The van der Waals surface area contributed by atoms with Gasteiger partial charge in [0.25, 0.3) is 0 Å². The molecule has 1 saturated heterocycles. The normalized spacial score (nSPS) is 22.6. The number of halogens is 1. The number of rotatable bonds is 4. The van der Waals surface area contributed by atoms with E-state index >= 15 is 0 Å². The molecule has 0 unspecified atom stereocenters. The Balaban J connectivity index is 1.70. The van der Waals surface area contributed by atoms with Gasteiger partial charge in [-0.3, -0.25) is 4.79 Å². The fourth-order valence-corrected chi connectivity index (χ4v) is 2.79. The van der Waals surface area contributed by atoms with Crippen molar-refractivity contribution in [3.05, 3.63) is 17.8 Å². The first kappa shape index (κ1) is 14.4. The molecule has 1 aliphatic heterocycles. The Kier molecular flexibility index (Phi) is 4.14. The molecular weight excluding hydrogens is 294 g/mol. The van der Waals surface area contributed by atoms with E-state index in [4.69, 9.17) is 11.6 Å². The lowest BCUT2D eigenvalue weighted by Crippen LogP contribution is -2.46. The average molecular weight is 310 g/mol. The minimum atomic E-state index is -0.459. The number of nitrogens with zero attached hydrogens (tertiary/aromatic N) is 4. The lowest BCUT2D eigenvalue weighted by Gasteiger charge is -2.28. The quantitative estimate of drug-likeness (QED) is 0.801. The van der Waals surface area contributed by atoms with Gasteiger partial charge in [-0.25, -0.2) is 15.0 Å². The lowest BCUT2D eigenvalue weighted by atomic mass is 9.97. The molecule has 0 radical (unpaired) electrons. The van der Waals surface area contributed by atoms with Crippen LogP contribution in [0.15, 0.2) is 12.7 Å². The molecule has 1 aliphatic rings. The molecule has 0 bridgehead atoms. The maximum Gasteiger partial charge on any atom is 0.165 e. The van der Waals surface area contributed by atoms with Gasteiger partial charge in [0.2, 0.25) is 0 Å². The average Bonchev–Trinajstić information content (AvgIpc) is 2.86. The molecule has 8 heteroatoms. The molecule has 3 rings (SSSR count). The van der Waals surface area contributed by atoms with E-state index in [1.165, 1.54) is 12.7 Å². The van der Waals surface area contributed by atoms with Crippen LogP contribution < -0.4 is 5.32 Å². The van der Waals surface area contributed by atoms with Crippen LogP contribution in [0, 0.1) is 0 Å². The Labute approximate surface area is 126 Å². The monoisotopic (exact) mass is 309 g/mol. The number of ketones is 1. The number of piperidine rings is 1. The number of fused-ring (bicyclic) bond motifs is 1. The number of hydrogen-bond acceptors (Lipinski definition) is 6. The van der Waals surface area contributed by atoms with Crippen LogP contribution in [-0.2, 0) is 11.3 Å². The summed E-state index contributed by atoms with van der Waals surface area (Å²) in [5.74, 6) is 0.0162. The van der Waals surface area contributed by atoms with Crippen molar-refractivity contribution in [2.45, 2.75) is 38.0 Å². The highest BCUT2D eigenvalue weighted by Gasteiger charge is 2.25. The van der Waals surface area contributed by atoms with Crippen molar-refractivity contribution in [2.24, 2.45) is 0 Å². The zero-order valence-electron chi connectivity index (χ0n) is 11.4. The Morgan fingerprint density at radius 3 is 3.14 bits per heavy atom. The van der Waals surface area contributed by atoms with E-state index in [-0.39, 0.29) is 23.5 Å². The van der Waals surface area contributed by atoms with Crippen molar-refractivity contribution in [1.29, 1.82) is 0 Å². The molecule has 2 atom stereocenters. The van der Waals surface area contributed by atoms with Crippen LogP contribution >= 0.6 is 11.6 Å². The Hall–Kier alpha value is -1.57. The molecule has 0 aromatic carbocycles. The van der Waals surface area contributed by atoms with Crippen LogP contribution in [0.25, 0.3) is 11.2 Å². The maximum absolute atomic E-state index is 12.2. The molecule has 0 spiro atoms. The third-order valence-corrected chi connectivity index (χ3v) is 3.98. The van der Waals surface area contributed by atoms with Gasteiger partial charge in [0.1, 0.15) is 11.8 Å². The molecule has 3 heterocycles. The molecule has 112 valence electrons. The number of carbonyl (C=O) groups excluding carboxylic acids is 1. The van der Waals surface area contributed by atoms with Gasteiger partial charge in [-0.05, 0) is 19.4 Å². The lowest BCUT2D eigenvalue weighted by molar-refractivity contribution is -0.121. The minimum Gasteiger partial charge on any atom is -0.391 e. The predicted octanol–water partition coefficient (Wildman–Crippen LogP) is 0.552. The Morgan fingerprint density at radius 2 is 2.33 bits per heavy atom. The summed E-state index contributed by atoms with van der Waals surface area (Å²) < 4.78 is 1.65. The first-order valence-electron chi connectivity index (χ1n) is 6.89. The molecule has 7 nitrogen and oxygen atoms in total. The summed E-state index contributed by atoms with van der Waals surface area (Å²) >= 11 is 5.93. The summed E-state index contributed by atoms with van der Waals surface area (Å²) in [7, 11) is 0. The molecule has 2 aromatic rings. The van der Waals surface area contributed by atoms with E-state index in [2.05, 4.69) is 20.3 Å². The highest BCUT2D eigenvalue weighted by molar-refractivity contribution is 6.33. The van der Waals surface area contributed by atoms with Crippen LogP contribution in [0.3, 0.4) is 0 Å². The van der Waals surface area contributed by atoms with Gasteiger partial charge in [0.15, 0.2) is 16.6 Å². The minimum absolute atomic E-state index is 0.0162. The standard InChI is InChI=1S/C13H16ClN5O2/c14-12-11-13(17-6-16-12)19(7-18-11)5-8(20)4-9-10(21)2-1-3-15-9/h6-7,9-10,15,21H,1-5H2/t9-,10+/m1/s1. The second-order valence-electron chi connectivity index (χ2n) is 5.22. The first-order valence-corrected chi connectivity index (χ1v) is 7.27. The summed E-state index contributed by atoms with van der Waals surface area (Å²) in [5, 5.41) is 13.3. The van der Waals surface area contributed by atoms with E-state index < -0.39 is 6.10 Å². The van der Waals surface area contributed by atoms with E-state index in [0.717, 1.165) is 19.4 Å². The van der Waals surface area contributed by atoms with Crippen molar-refractivity contribution in [3.63, 3.8) is 0 Å². The van der Waals surface area contributed by atoms with Gasteiger partial charge in [-0.15, -0.1) is 0 Å². The van der Waals surface area contributed by atoms with E-state index in [9.17, 15) is 9.90 Å². The van der Waals surface area contributed by atoms with Crippen LogP contribution in [0.4, 0.5) is 0 Å². The van der Waals surface area contributed by atoms with Crippen LogP contribution in [0.5, 0.6) is 0 Å². The maximum atomic E-state index is 12.2. The number of aliphatic hydroxyl groups is 1. The summed E-state index contributed by atoms with van der Waals surface area (Å²) in [6, 6.07) is -0.167. The van der Waals surface area contributed by atoms with Crippen LogP contribution in [0.2, 0.25) is 5.15 Å². The zero-order valence-corrected chi connectivity index (χ0v) is 12.1. The smallest absolute Gasteiger partial charge is 0.165 e. The van der Waals surface area contributed by atoms with E-state index in [1.54, 1.807) is 4.57 Å². The van der Waals surface area contributed by atoms with Crippen LogP contribution in [-0.4, -0.2) is 49.1 Å². The van der Waals surface area contributed by atoms with Gasteiger partial charge in [0, 0.05) is 12.5 Å². The Bertz CT molecular complexity index is 659. The highest BCUT2D eigenvalue weighted by atomic mass is 35.5. The van der Waals surface area contributed by atoms with Crippen molar-refractivity contribution in [3.8, 4) is 0 Å². The van der Waals surface area contributed by atoms with Gasteiger partial charge < -0.3 is 15.0 Å². The van der Waals surface area contributed by atoms with Crippen molar-refractivity contribution in [2.75, 3.05) is 6.54 Å².